The minimum atomic E-state index is -0.167. The highest BCUT2D eigenvalue weighted by Crippen LogP contribution is 2.33. The van der Waals surface area contributed by atoms with Crippen LogP contribution in [0.25, 0.3) is 55.8 Å². The predicted octanol–water partition coefficient (Wildman–Crippen LogP) is 11.6. The highest BCUT2D eigenvalue weighted by molar-refractivity contribution is 5.99. The number of benzene rings is 7. The zero-order valence-corrected chi connectivity index (χ0v) is 31.8. The Morgan fingerprint density at radius 3 is 1.62 bits per heavy atom. The first-order valence-electron chi connectivity index (χ1n) is 19.8. The number of rotatable bonds is 8. The second-order valence-electron chi connectivity index (χ2n) is 14.7. The van der Waals surface area contributed by atoms with Crippen molar-refractivity contribution in [3.05, 3.63) is 223 Å². The van der Waals surface area contributed by atoms with E-state index in [2.05, 4.69) is 168 Å². The van der Waals surface area contributed by atoms with E-state index in [-0.39, 0.29) is 18.2 Å². The number of nitrogens with zero attached hydrogens (tertiary/aromatic N) is 4. The molecule has 0 fully saturated rings. The lowest BCUT2D eigenvalue weighted by Crippen LogP contribution is -2.44. The van der Waals surface area contributed by atoms with Gasteiger partial charge in [0.15, 0.2) is 11.6 Å². The quantitative estimate of drug-likeness (QED) is 0.162. The Bertz CT molecular complexity index is 2800. The molecule has 0 amide bonds. The average Bonchev–Trinajstić information content (AvgIpc) is 3.32. The van der Waals surface area contributed by atoms with Crippen molar-refractivity contribution >= 4 is 16.6 Å². The molecule has 1 aromatic heterocycles. The molecule has 8 aromatic rings. The van der Waals surface area contributed by atoms with Crippen molar-refractivity contribution in [1.82, 2.24) is 25.6 Å². The van der Waals surface area contributed by atoms with Gasteiger partial charge >= 0.3 is 0 Å². The summed E-state index contributed by atoms with van der Waals surface area (Å²) in [5.74, 6) is 3.17. The molecule has 1 aliphatic carbocycles. The summed E-state index contributed by atoms with van der Waals surface area (Å²) < 4.78 is 0. The second-order valence-corrected chi connectivity index (χ2v) is 14.7. The molecule has 0 saturated carbocycles. The Balaban J connectivity index is 0.904. The number of fused-ring (bicyclic) bond motifs is 1. The highest BCUT2D eigenvalue weighted by Gasteiger charge is 2.25. The maximum Gasteiger partial charge on any atom is 0.163 e. The van der Waals surface area contributed by atoms with Crippen molar-refractivity contribution < 1.29 is 0 Å². The highest BCUT2D eigenvalue weighted by atomic mass is 15.3. The number of hydrogen-bond acceptors (Lipinski definition) is 6. The van der Waals surface area contributed by atoms with Gasteiger partial charge in [0.05, 0.1) is 0 Å². The zero-order valence-electron chi connectivity index (χ0n) is 31.8. The van der Waals surface area contributed by atoms with Crippen LogP contribution in [0.5, 0.6) is 0 Å². The third-order valence-corrected chi connectivity index (χ3v) is 10.9. The maximum atomic E-state index is 5.05. The first-order valence-corrected chi connectivity index (χ1v) is 19.8. The minimum absolute atomic E-state index is 0.109. The third-order valence-electron chi connectivity index (χ3n) is 10.9. The summed E-state index contributed by atoms with van der Waals surface area (Å²) in [5, 5.41) is 9.76. The Morgan fingerprint density at radius 1 is 0.448 bits per heavy atom. The zero-order chi connectivity index (χ0) is 38.7. The van der Waals surface area contributed by atoms with Gasteiger partial charge in [-0.25, -0.2) is 19.9 Å². The molecule has 2 N–H and O–H groups in total. The lowest BCUT2D eigenvalue weighted by Gasteiger charge is -2.32. The second kappa shape index (κ2) is 15.7. The van der Waals surface area contributed by atoms with E-state index in [9.17, 15) is 0 Å². The smallest absolute Gasteiger partial charge is 0.163 e. The summed E-state index contributed by atoms with van der Waals surface area (Å²) in [4.78, 5) is 19.9. The number of aliphatic imine (C=N–C) groups is 1. The number of amidine groups is 1. The molecule has 3 unspecified atom stereocenters. The third kappa shape index (κ3) is 7.37. The normalized spacial score (nSPS) is 17.4. The van der Waals surface area contributed by atoms with Crippen molar-refractivity contribution in [2.24, 2.45) is 4.99 Å². The van der Waals surface area contributed by atoms with Crippen molar-refractivity contribution in [3.8, 4) is 45.0 Å². The number of nitrogens with one attached hydrogen (secondary N) is 2. The van der Waals surface area contributed by atoms with E-state index in [1.54, 1.807) is 0 Å². The van der Waals surface area contributed by atoms with Crippen LogP contribution in [0.15, 0.2) is 205 Å². The molecule has 2 heterocycles. The lowest BCUT2D eigenvalue weighted by atomic mass is 9.96. The predicted molar refractivity (Wildman–Crippen MR) is 236 cm³/mol. The van der Waals surface area contributed by atoms with Gasteiger partial charge in [-0.05, 0) is 62.7 Å². The molecule has 278 valence electrons. The molecule has 0 saturated heterocycles. The van der Waals surface area contributed by atoms with Gasteiger partial charge in [0, 0.05) is 22.6 Å². The van der Waals surface area contributed by atoms with Gasteiger partial charge in [0.2, 0.25) is 0 Å². The Hall–Kier alpha value is -7.28. The summed E-state index contributed by atoms with van der Waals surface area (Å²) in [6.07, 6.45) is 9.08. The van der Waals surface area contributed by atoms with E-state index in [0.29, 0.717) is 11.6 Å². The fourth-order valence-electron chi connectivity index (χ4n) is 7.74. The molecule has 1 aliphatic heterocycles. The van der Waals surface area contributed by atoms with Crippen LogP contribution in [-0.2, 0) is 0 Å². The van der Waals surface area contributed by atoms with Crippen LogP contribution >= 0.6 is 0 Å². The Kier molecular flexibility index (Phi) is 9.51. The van der Waals surface area contributed by atoms with Gasteiger partial charge in [-0.2, -0.15) is 0 Å². The number of allylic oxidation sites excluding steroid dienone is 4. The van der Waals surface area contributed by atoms with Gasteiger partial charge in [0.25, 0.3) is 0 Å². The van der Waals surface area contributed by atoms with E-state index in [1.807, 2.05) is 42.5 Å². The summed E-state index contributed by atoms with van der Waals surface area (Å²) in [7, 11) is 0. The van der Waals surface area contributed by atoms with Crippen molar-refractivity contribution in [2.45, 2.75) is 24.7 Å². The molecule has 0 radical (unpaired) electrons. The molecule has 10 rings (SSSR count). The fraction of sp³-hybridized carbons (Fsp3) is 0.0769. The summed E-state index contributed by atoms with van der Waals surface area (Å²) in [6, 6.07) is 61.7. The van der Waals surface area contributed by atoms with E-state index >= 15 is 0 Å². The van der Waals surface area contributed by atoms with E-state index in [0.717, 1.165) is 57.0 Å². The molecule has 6 heteroatoms. The molecular formula is C52H40N6. The van der Waals surface area contributed by atoms with Gasteiger partial charge in [-0.15, -0.1) is 0 Å². The van der Waals surface area contributed by atoms with E-state index in [1.165, 1.54) is 21.9 Å². The number of hydrogen-bond donors (Lipinski definition) is 2. The Morgan fingerprint density at radius 2 is 1.00 bits per heavy atom. The molecule has 6 nitrogen and oxygen atoms in total. The fourth-order valence-corrected chi connectivity index (χ4v) is 7.74. The van der Waals surface area contributed by atoms with Crippen LogP contribution in [-0.4, -0.2) is 20.8 Å². The minimum Gasteiger partial charge on any atom is -0.350 e. The molecular weight excluding hydrogens is 709 g/mol. The van der Waals surface area contributed by atoms with Crippen LogP contribution < -0.4 is 10.6 Å². The molecule has 2 aliphatic rings. The van der Waals surface area contributed by atoms with Crippen molar-refractivity contribution in [3.63, 3.8) is 0 Å². The molecule has 7 aromatic carbocycles. The van der Waals surface area contributed by atoms with Gasteiger partial charge in [-0.1, -0.05) is 188 Å². The first-order chi connectivity index (χ1) is 28.7. The Labute approximate surface area is 338 Å². The van der Waals surface area contributed by atoms with E-state index < -0.39 is 0 Å². The van der Waals surface area contributed by atoms with Gasteiger partial charge in [-0.3, -0.25) is 5.32 Å². The topological polar surface area (TPSA) is 75.1 Å². The SMILES string of the molecule is C1=CCC(c2nc(-c3ccccc3)nc(-c3ccc(-c4ccc5ccc(-c6ccc(C7NC(c8ccccc8)=NC(c8ccccc8)N7)cc6)cc5c4)cc3)n2)C=C1. The van der Waals surface area contributed by atoms with Crippen LogP contribution in [0.1, 0.15) is 47.2 Å². The molecule has 58 heavy (non-hydrogen) atoms. The van der Waals surface area contributed by atoms with Gasteiger partial charge in [0.1, 0.15) is 24.0 Å². The van der Waals surface area contributed by atoms with Crippen molar-refractivity contribution in [1.29, 1.82) is 0 Å². The molecule has 0 spiro atoms. The van der Waals surface area contributed by atoms with Gasteiger partial charge < -0.3 is 5.32 Å². The molecule has 3 atom stereocenters. The average molecular weight is 749 g/mol. The number of aromatic nitrogens is 3. The van der Waals surface area contributed by atoms with Crippen LogP contribution in [0.3, 0.4) is 0 Å². The van der Waals surface area contributed by atoms with E-state index in [4.69, 9.17) is 19.9 Å². The monoisotopic (exact) mass is 748 g/mol. The maximum absolute atomic E-state index is 5.05. The van der Waals surface area contributed by atoms with Crippen LogP contribution in [0, 0.1) is 0 Å². The summed E-state index contributed by atoms with van der Waals surface area (Å²) in [6.45, 7) is 0. The van der Waals surface area contributed by atoms with Crippen LogP contribution in [0.2, 0.25) is 0 Å². The van der Waals surface area contributed by atoms with Crippen molar-refractivity contribution in [2.75, 3.05) is 0 Å². The largest absolute Gasteiger partial charge is 0.350 e. The first kappa shape index (κ1) is 35.2. The summed E-state index contributed by atoms with van der Waals surface area (Å²) >= 11 is 0. The lowest BCUT2D eigenvalue weighted by molar-refractivity contribution is 0.409. The summed E-state index contributed by atoms with van der Waals surface area (Å²) in [5.41, 5.74) is 9.92. The standard InChI is InChI=1S/C52H40N6/c1-5-13-38(14-6-1)47-53-48(39-15-7-2-8-16-39)56-51(55-47)42-27-21-35(22-28-42)44-31-25-37-26-32-45(34-46(37)33-44)36-23-29-43(30-24-36)52-57-49(40-17-9-3-10-18-40)54-50(58-52)41-19-11-4-12-20-41/h1-19,21-34,41,47,51,55H,20H2,(H,53,56). The van der Waals surface area contributed by atoms with Crippen LogP contribution in [0.4, 0.5) is 0 Å². The molecule has 0 bridgehead atoms.